The molecule has 0 atom stereocenters. The molecule has 0 aromatic heterocycles. The second-order valence-electron chi connectivity index (χ2n) is 6.54. The zero-order valence-electron chi connectivity index (χ0n) is 15.6. The van der Waals surface area contributed by atoms with E-state index in [-0.39, 0.29) is 18.5 Å². The summed E-state index contributed by atoms with van der Waals surface area (Å²) in [6.07, 6.45) is 2.17. The van der Waals surface area contributed by atoms with Gasteiger partial charge in [0.1, 0.15) is 6.61 Å². The van der Waals surface area contributed by atoms with Crippen LogP contribution < -0.4 is 5.32 Å². The number of esters is 1. The SMILES string of the molecule is Cc1ccc(CCC(=O)NCCOC(=O)CCc2ccc(C)cc2)cc1. The van der Waals surface area contributed by atoms with E-state index in [9.17, 15) is 9.59 Å². The summed E-state index contributed by atoms with van der Waals surface area (Å²) in [6.45, 7) is 4.64. The van der Waals surface area contributed by atoms with Gasteiger partial charge in [-0.3, -0.25) is 9.59 Å². The van der Waals surface area contributed by atoms with Crippen LogP contribution in [0.25, 0.3) is 0 Å². The van der Waals surface area contributed by atoms with Gasteiger partial charge in [0.15, 0.2) is 0 Å². The molecular formula is C22H27NO3. The minimum absolute atomic E-state index is 0.0266. The van der Waals surface area contributed by atoms with Crippen molar-refractivity contribution in [2.75, 3.05) is 13.2 Å². The first-order chi connectivity index (χ1) is 12.5. The molecule has 4 heteroatoms. The number of carbonyl (C=O) groups is 2. The molecule has 0 saturated carbocycles. The molecule has 0 fully saturated rings. The Balaban J connectivity index is 1.54. The summed E-state index contributed by atoms with van der Waals surface area (Å²) in [7, 11) is 0. The summed E-state index contributed by atoms with van der Waals surface area (Å²) >= 11 is 0. The molecule has 1 N–H and O–H groups in total. The second kappa shape index (κ2) is 10.4. The third-order valence-electron chi connectivity index (χ3n) is 4.19. The first-order valence-electron chi connectivity index (χ1n) is 9.06. The molecule has 0 saturated heterocycles. The molecule has 0 heterocycles. The van der Waals surface area contributed by atoms with Crippen LogP contribution in [0.15, 0.2) is 48.5 Å². The molecule has 0 radical (unpaired) electrons. The van der Waals surface area contributed by atoms with Crippen molar-refractivity contribution in [1.29, 1.82) is 0 Å². The molecule has 1 amide bonds. The van der Waals surface area contributed by atoms with Crippen LogP contribution in [-0.2, 0) is 27.2 Å². The monoisotopic (exact) mass is 353 g/mol. The van der Waals surface area contributed by atoms with Crippen LogP contribution >= 0.6 is 0 Å². The lowest BCUT2D eigenvalue weighted by Gasteiger charge is -2.07. The van der Waals surface area contributed by atoms with Gasteiger partial charge in [-0.1, -0.05) is 59.7 Å². The minimum Gasteiger partial charge on any atom is -0.464 e. The Morgan fingerprint density at radius 1 is 0.808 bits per heavy atom. The zero-order chi connectivity index (χ0) is 18.8. The maximum absolute atomic E-state index is 11.8. The maximum Gasteiger partial charge on any atom is 0.306 e. The molecule has 0 aliphatic rings. The van der Waals surface area contributed by atoms with Crippen molar-refractivity contribution in [3.05, 3.63) is 70.8 Å². The third-order valence-corrected chi connectivity index (χ3v) is 4.19. The molecule has 0 unspecified atom stereocenters. The number of amides is 1. The highest BCUT2D eigenvalue weighted by Crippen LogP contribution is 2.07. The predicted octanol–water partition coefficient (Wildman–Crippen LogP) is 3.53. The van der Waals surface area contributed by atoms with Gasteiger partial charge in [0.2, 0.25) is 5.91 Å². The van der Waals surface area contributed by atoms with Crippen molar-refractivity contribution in [3.63, 3.8) is 0 Å². The molecular weight excluding hydrogens is 326 g/mol. The van der Waals surface area contributed by atoms with Gasteiger partial charge in [-0.25, -0.2) is 0 Å². The average molecular weight is 353 g/mol. The predicted molar refractivity (Wildman–Crippen MR) is 103 cm³/mol. The molecule has 26 heavy (non-hydrogen) atoms. The van der Waals surface area contributed by atoms with Crippen molar-refractivity contribution >= 4 is 11.9 Å². The van der Waals surface area contributed by atoms with Gasteiger partial charge in [-0.05, 0) is 37.8 Å². The lowest BCUT2D eigenvalue weighted by Crippen LogP contribution is -2.28. The fraction of sp³-hybridized carbons (Fsp3) is 0.364. The quantitative estimate of drug-likeness (QED) is 0.554. The van der Waals surface area contributed by atoms with Gasteiger partial charge in [-0.15, -0.1) is 0 Å². The molecule has 2 rings (SSSR count). The Kier molecular flexibility index (Phi) is 7.87. The highest BCUT2D eigenvalue weighted by molar-refractivity contribution is 5.76. The molecule has 2 aromatic rings. The second-order valence-corrected chi connectivity index (χ2v) is 6.54. The molecule has 0 spiro atoms. The van der Waals surface area contributed by atoms with Crippen molar-refractivity contribution in [3.8, 4) is 0 Å². The van der Waals surface area contributed by atoms with E-state index in [0.29, 0.717) is 32.2 Å². The number of hydrogen-bond acceptors (Lipinski definition) is 3. The first-order valence-corrected chi connectivity index (χ1v) is 9.06. The Morgan fingerprint density at radius 2 is 1.31 bits per heavy atom. The van der Waals surface area contributed by atoms with E-state index in [1.165, 1.54) is 11.1 Å². The fourth-order valence-corrected chi connectivity index (χ4v) is 2.53. The van der Waals surface area contributed by atoms with Gasteiger partial charge in [0, 0.05) is 12.8 Å². The number of ether oxygens (including phenoxy) is 1. The van der Waals surface area contributed by atoms with Crippen LogP contribution in [0, 0.1) is 13.8 Å². The topological polar surface area (TPSA) is 55.4 Å². The van der Waals surface area contributed by atoms with E-state index < -0.39 is 0 Å². The van der Waals surface area contributed by atoms with Crippen LogP contribution in [-0.4, -0.2) is 25.0 Å². The van der Waals surface area contributed by atoms with Gasteiger partial charge < -0.3 is 10.1 Å². The number of benzene rings is 2. The lowest BCUT2D eigenvalue weighted by atomic mass is 10.1. The first kappa shape index (κ1) is 19.7. The molecule has 138 valence electrons. The summed E-state index contributed by atoms with van der Waals surface area (Å²) in [5, 5.41) is 2.78. The van der Waals surface area contributed by atoms with Gasteiger partial charge >= 0.3 is 5.97 Å². The normalized spacial score (nSPS) is 10.4. The Hall–Kier alpha value is -2.62. The van der Waals surface area contributed by atoms with Crippen LogP contribution in [0.2, 0.25) is 0 Å². The summed E-state index contributed by atoms with van der Waals surface area (Å²) in [4.78, 5) is 23.5. The average Bonchev–Trinajstić information content (AvgIpc) is 2.64. The molecule has 0 aliphatic carbocycles. The van der Waals surface area contributed by atoms with Gasteiger partial charge in [0.25, 0.3) is 0 Å². The Bertz CT molecular complexity index is 642. The van der Waals surface area contributed by atoms with E-state index in [1.54, 1.807) is 0 Å². The van der Waals surface area contributed by atoms with Crippen LogP contribution in [0.1, 0.15) is 35.1 Å². The van der Waals surface area contributed by atoms with E-state index in [2.05, 4.69) is 5.32 Å². The minimum atomic E-state index is -0.237. The molecule has 2 aromatic carbocycles. The van der Waals surface area contributed by atoms with Crippen molar-refractivity contribution in [2.45, 2.75) is 39.5 Å². The van der Waals surface area contributed by atoms with E-state index >= 15 is 0 Å². The van der Waals surface area contributed by atoms with E-state index in [1.807, 2.05) is 62.4 Å². The number of rotatable bonds is 9. The number of hydrogen-bond donors (Lipinski definition) is 1. The van der Waals surface area contributed by atoms with Gasteiger partial charge in [0.05, 0.1) is 6.54 Å². The van der Waals surface area contributed by atoms with Crippen molar-refractivity contribution in [1.82, 2.24) is 5.32 Å². The molecule has 4 nitrogen and oxygen atoms in total. The fourth-order valence-electron chi connectivity index (χ4n) is 2.53. The van der Waals surface area contributed by atoms with Gasteiger partial charge in [-0.2, -0.15) is 0 Å². The number of nitrogens with one attached hydrogen (secondary N) is 1. The maximum atomic E-state index is 11.8. The van der Waals surface area contributed by atoms with Crippen LogP contribution in [0.5, 0.6) is 0 Å². The summed E-state index contributed by atoms with van der Waals surface area (Å²) < 4.78 is 5.16. The molecule has 0 aliphatic heterocycles. The highest BCUT2D eigenvalue weighted by atomic mass is 16.5. The standard InChI is InChI=1S/C22H27NO3/c1-17-3-7-19(8-4-17)11-13-21(24)23-15-16-26-22(25)14-12-20-9-5-18(2)6-10-20/h3-10H,11-16H2,1-2H3,(H,23,24). The van der Waals surface area contributed by atoms with Crippen LogP contribution in [0.3, 0.4) is 0 Å². The highest BCUT2D eigenvalue weighted by Gasteiger charge is 2.05. The number of aryl methyl sites for hydroxylation is 4. The summed E-state index contributed by atoms with van der Waals surface area (Å²) in [5.41, 5.74) is 4.68. The third kappa shape index (κ3) is 7.51. The van der Waals surface area contributed by atoms with Crippen molar-refractivity contribution < 1.29 is 14.3 Å². The summed E-state index contributed by atoms with van der Waals surface area (Å²) in [5.74, 6) is -0.263. The van der Waals surface area contributed by atoms with Crippen LogP contribution in [0.4, 0.5) is 0 Å². The largest absolute Gasteiger partial charge is 0.464 e. The lowest BCUT2D eigenvalue weighted by molar-refractivity contribution is -0.143. The smallest absolute Gasteiger partial charge is 0.306 e. The van der Waals surface area contributed by atoms with E-state index in [4.69, 9.17) is 4.74 Å². The Morgan fingerprint density at radius 3 is 1.85 bits per heavy atom. The zero-order valence-corrected chi connectivity index (χ0v) is 15.6. The van der Waals surface area contributed by atoms with E-state index in [0.717, 1.165) is 11.1 Å². The number of carbonyl (C=O) groups excluding carboxylic acids is 2. The summed E-state index contributed by atoms with van der Waals surface area (Å²) in [6, 6.07) is 16.3. The van der Waals surface area contributed by atoms with Crippen molar-refractivity contribution in [2.24, 2.45) is 0 Å². The Labute approximate surface area is 155 Å². The molecule has 0 bridgehead atoms.